The highest BCUT2D eigenvalue weighted by atomic mass is 16.3. The van der Waals surface area contributed by atoms with E-state index in [-0.39, 0.29) is 6.04 Å². The fraction of sp³-hybridized carbons (Fsp3) is 0.0364. The van der Waals surface area contributed by atoms with Gasteiger partial charge in [0, 0.05) is 27.2 Å². The molecule has 11 rings (SSSR count). The number of aromatic nitrogens is 1. The van der Waals surface area contributed by atoms with Crippen LogP contribution in [0.3, 0.4) is 0 Å². The predicted molar refractivity (Wildman–Crippen MR) is 243 cm³/mol. The molecule has 2 aromatic heterocycles. The molecule has 0 aliphatic carbocycles. The molecule has 3 nitrogen and oxygen atoms in total. The predicted octanol–water partition coefficient (Wildman–Crippen LogP) is 14.6. The standard InChI is InChI=1S/C55H38N2O/c1-36-30-44(39-18-10-4-11-19-39)31-50(40-20-12-5-13-21-40)56-55(36)43-24-28-48-49-35-45(25-29-53(49)58-54(48)34-43)57-51-32-41(37-14-6-2-7-15-37)22-26-46(51)47-27-23-42(33-52(47)57)38-16-8-3-9-17-38/h2-29,31-35,55H,1,30H2. The molecule has 1 aliphatic heterocycles. The molecule has 1 aliphatic rings. The second-order valence-electron chi connectivity index (χ2n) is 15.2. The molecule has 8 aromatic carbocycles. The number of benzene rings is 8. The molecule has 3 heteroatoms. The second-order valence-corrected chi connectivity index (χ2v) is 15.2. The lowest BCUT2D eigenvalue weighted by Gasteiger charge is -2.16. The smallest absolute Gasteiger partial charge is 0.135 e. The minimum absolute atomic E-state index is 0.226. The quantitative estimate of drug-likeness (QED) is 0.156. The van der Waals surface area contributed by atoms with E-state index >= 15 is 0 Å². The van der Waals surface area contributed by atoms with Gasteiger partial charge in [0.1, 0.15) is 11.2 Å². The van der Waals surface area contributed by atoms with Crippen LogP contribution in [-0.2, 0) is 0 Å². The van der Waals surface area contributed by atoms with Crippen molar-refractivity contribution in [2.45, 2.75) is 12.5 Å². The van der Waals surface area contributed by atoms with Gasteiger partial charge in [0.05, 0.1) is 22.8 Å². The molecular formula is C55H38N2O. The van der Waals surface area contributed by atoms with Crippen LogP contribution in [0.1, 0.15) is 29.2 Å². The Hall–Kier alpha value is -7.49. The van der Waals surface area contributed by atoms with E-state index in [9.17, 15) is 0 Å². The largest absolute Gasteiger partial charge is 0.456 e. The third-order valence-corrected chi connectivity index (χ3v) is 11.6. The van der Waals surface area contributed by atoms with E-state index in [0.29, 0.717) is 0 Å². The van der Waals surface area contributed by atoms with Crippen LogP contribution in [0.2, 0.25) is 0 Å². The lowest BCUT2D eigenvalue weighted by molar-refractivity contribution is 0.667. The van der Waals surface area contributed by atoms with Crippen molar-refractivity contribution in [1.29, 1.82) is 0 Å². The second kappa shape index (κ2) is 13.9. The van der Waals surface area contributed by atoms with Crippen LogP contribution in [0.15, 0.2) is 222 Å². The van der Waals surface area contributed by atoms with Crippen molar-refractivity contribution in [1.82, 2.24) is 4.57 Å². The minimum Gasteiger partial charge on any atom is -0.456 e. The van der Waals surface area contributed by atoms with Crippen molar-refractivity contribution in [2.75, 3.05) is 0 Å². The Kier molecular flexibility index (Phi) is 8.11. The Morgan fingerprint density at radius 2 is 1.02 bits per heavy atom. The fourth-order valence-corrected chi connectivity index (χ4v) is 8.75. The highest BCUT2D eigenvalue weighted by Crippen LogP contribution is 2.41. The molecule has 274 valence electrons. The first-order valence-corrected chi connectivity index (χ1v) is 19.9. The molecule has 10 aromatic rings. The van der Waals surface area contributed by atoms with Crippen LogP contribution in [0.4, 0.5) is 0 Å². The Morgan fingerprint density at radius 3 is 1.62 bits per heavy atom. The molecule has 0 N–H and O–H groups in total. The molecule has 0 fully saturated rings. The molecule has 0 amide bonds. The van der Waals surface area contributed by atoms with E-state index in [4.69, 9.17) is 9.41 Å². The highest BCUT2D eigenvalue weighted by molar-refractivity contribution is 6.14. The normalized spacial score (nSPS) is 14.6. The van der Waals surface area contributed by atoms with Gasteiger partial charge in [-0.25, -0.2) is 0 Å². The summed E-state index contributed by atoms with van der Waals surface area (Å²) in [5, 5.41) is 4.60. The zero-order chi connectivity index (χ0) is 38.6. The monoisotopic (exact) mass is 742 g/mol. The van der Waals surface area contributed by atoms with Gasteiger partial charge in [-0.05, 0) is 99.0 Å². The van der Waals surface area contributed by atoms with Crippen LogP contribution in [-0.4, -0.2) is 10.3 Å². The highest BCUT2D eigenvalue weighted by Gasteiger charge is 2.23. The maximum atomic E-state index is 6.65. The van der Waals surface area contributed by atoms with E-state index in [1.807, 2.05) is 6.07 Å². The molecule has 1 atom stereocenters. The van der Waals surface area contributed by atoms with Crippen LogP contribution in [0.25, 0.3) is 77.3 Å². The average molecular weight is 743 g/mol. The number of hydrogen-bond donors (Lipinski definition) is 0. The summed E-state index contributed by atoms with van der Waals surface area (Å²) in [7, 11) is 0. The third kappa shape index (κ3) is 5.88. The van der Waals surface area contributed by atoms with Gasteiger partial charge in [-0.2, -0.15) is 0 Å². The lowest BCUT2D eigenvalue weighted by atomic mass is 9.92. The summed E-state index contributed by atoms with van der Waals surface area (Å²) in [6.45, 7) is 4.62. The number of aliphatic imine (C=N–C) groups is 1. The first-order valence-electron chi connectivity index (χ1n) is 19.9. The van der Waals surface area contributed by atoms with Gasteiger partial charge in [-0.15, -0.1) is 0 Å². The van der Waals surface area contributed by atoms with Crippen LogP contribution >= 0.6 is 0 Å². The summed E-state index contributed by atoms with van der Waals surface area (Å²) in [5.74, 6) is 0. The van der Waals surface area contributed by atoms with Gasteiger partial charge in [0.2, 0.25) is 0 Å². The molecule has 0 radical (unpaired) electrons. The van der Waals surface area contributed by atoms with Gasteiger partial charge in [0.15, 0.2) is 0 Å². The summed E-state index contributed by atoms with van der Waals surface area (Å²) < 4.78 is 9.07. The molecular weight excluding hydrogens is 705 g/mol. The van der Waals surface area contributed by atoms with Gasteiger partial charge in [-0.1, -0.05) is 164 Å². The average Bonchev–Trinajstić information content (AvgIpc) is 3.75. The SMILES string of the molecule is C=C1CC(c2ccccc2)=CC(c2ccccc2)=NC1c1ccc2c(c1)oc1ccc(-n3c4cc(-c5ccccc5)ccc4c4ccc(-c5ccccc5)cc43)cc12. The van der Waals surface area contributed by atoms with Gasteiger partial charge in [0.25, 0.3) is 0 Å². The number of fused-ring (bicyclic) bond motifs is 6. The maximum absolute atomic E-state index is 6.65. The lowest BCUT2D eigenvalue weighted by Crippen LogP contribution is -2.02. The number of hydrogen-bond acceptors (Lipinski definition) is 2. The van der Waals surface area contributed by atoms with Crippen molar-refractivity contribution >= 4 is 55.0 Å². The van der Waals surface area contributed by atoms with Crippen molar-refractivity contribution in [3.8, 4) is 27.9 Å². The molecule has 0 saturated carbocycles. The summed E-state index contributed by atoms with van der Waals surface area (Å²) in [6.07, 6.45) is 2.96. The third-order valence-electron chi connectivity index (χ3n) is 11.6. The van der Waals surface area contributed by atoms with Gasteiger partial charge < -0.3 is 8.98 Å². The fourth-order valence-electron chi connectivity index (χ4n) is 8.75. The zero-order valence-electron chi connectivity index (χ0n) is 31.8. The van der Waals surface area contributed by atoms with Crippen LogP contribution < -0.4 is 0 Å². The number of allylic oxidation sites excluding steroid dienone is 2. The van der Waals surface area contributed by atoms with Crippen molar-refractivity contribution in [3.05, 3.63) is 229 Å². The first kappa shape index (κ1) is 33.8. The van der Waals surface area contributed by atoms with E-state index in [0.717, 1.165) is 56.5 Å². The number of nitrogens with zero attached hydrogens (tertiary/aromatic N) is 2. The Labute approximate surface area is 337 Å². The first-order chi connectivity index (χ1) is 28.6. The topological polar surface area (TPSA) is 30.4 Å². The zero-order valence-corrected chi connectivity index (χ0v) is 31.8. The molecule has 0 bridgehead atoms. The molecule has 58 heavy (non-hydrogen) atoms. The molecule has 0 spiro atoms. The van der Waals surface area contributed by atoms with E-state index in [1.165, 1.54) is 55.2 Å². The summed E-state index contributed by atoms with van der Waals surface area (Å²) in [5.41, 5.74) is 16.4. The summed E-state index contributed by atoms with van der Waals surface area (Å²) >= 11 is 0. The van der Waals surface area contributed by atoms with E-state index in [2.05, 4.69) is 205 Å². The van der Waals surface area contributed by atoms with E-state index in [1.54, 1.807) is 0 Å². The summed E-state index contributed by atoms with van der Waals surface area (Å²) in [4.78, 5) is 5.39. The van der Waals surface area contributed by atoms with Crippen LogP contribution in [0, 0.1) is 0 Å². The maximum Gasteiger partial charge on any atom is 0.135 e. The molecule has 0 saturated heterocycles. The Balaban J connectivity index is 1.04. The number of furan rings is 1. The van der Waals surface area contributed by atoms with Crippen molar-refractivity contribution < 1.29 is 4.42 Å². The molecule has 3 heterocycles. The number of rotatable bonds is 6. The van der Waals surface area contributed by atoms with Gasteiger partial charge >= 0.3 is 0 Å². The summed E-state index contributed by atoms with van der Waals surface area (Å²) in [6, 6.07) is 68.9. The van der Waals surface area contributed by atoms with E-state index < -0.39 is 0 Å². The Bertz CT molecular complexity index is 3150. The molecule has 1 unspecified atom stereocenters. The van der Waals surface area contributed by atoms with Crippen molar-refractivity contribution in [2.24, 2.45) is 4.99 Å². The van der Waals surface area contributed by atoms with Crippen molar-refractivity contribution in [3.63, 3.8) is 0 Å². The van der Waals surface area contributed by atoms with Gasteiger partial charge in [-0.3, -0.25) is 4.99 Å². The van der Waals surface area contributed by atoms with Crippen LogP contribution in [0.5, 0.6) is 0 Å². The Morgan fingerprint density at radius 1 is 0.466 bits per heavy atom. The minimum atomic E-state index is -0.226.